The van der Waals surface area contributed by atoms with Crippen LogP contribution in [0.25, 0.3) is 0 Å². The lowest BCUT2D eigenvalue weighted by Crippen LogP contribution is -2.33. The lowest BCUT2D eigenvalue weighted by molar-refractivity contribution is -0.147. The summed E-state index contributed by atoms with van der Waals surface area (Å²) in [7, 11) is 0. The fourth-order valence-electron chi connectivity index (χ4n) is 1.39. The van der Waals surface area contributed by atoms with Gasteiger partial charge in [0.15, 0.2) is 0 Å². The first-order valence-electron chi connectivity index (χ1n) is 5.01. The summed E-state index contributed by atoms with van der Waals surface area (Å²) in [5.74, 6) is -2.76. The third kappa shape index (κ3) is 2.82. The van der Waals surface area contributed by atoms with Crippen molar-refractivity contribution in [1.82, 2.24) is 0 Å². The molecule has 0 aliphatic heterocycles. The summed E-state index contributed by atoms with van der Waals surface area (Å²) < 4.78 is 0. The molecule has 1 unspecified atom stereocenters. The number of nitrogens with one attached hydrogen (secondary N) is 1. The number of thiophene rings is 1. The first kappa shape index (κ1) is 12.7. The Hall–Kier alpha value is -1.36. The molecule has 4 nitrogen and oxygen atoms in total. The maximum Gasteiger partial charge on any atom is 0.316 e. The van der Waals surface area contributed by atoms with Crippen LogP contribution in [0.4, 0.5) is 5.00 Å². The maximum atomic E-state index is 11.8. The highest BCUT2D eigenvalue weighted by Gasteiger charge is 2.29. The smallest absolute Gasteiger partial charge is 0.316 e. The summed E-state index contributed by atoms with van der Waals surface area (Å²) in [4.78, 5) is 22.7. The summed E-state index contributed by atoms with van der Waals surface area (Å²) in [6.45, 7) is 5.32. The highest BCUT2D eigenvalue weighted by atomic mass is 32.1. The van der Waals surface area contributed by atoms with Crippen LogP contribution in [0, 0.1) is 18.8 Å². The molecule has 1 aromatic heterocycles. The number of aliphatic carboxylic acids is 1. The normalized spacial score (nSPS) is 12.5. The number of carboxylic acids is 1. The van der Waals surface area contributed by atoms with E-state index in [1.54, 1.807) is 13.8 Å². The lowest BCUT2D eigenvalue weighted by Gasteiger charge is -2.15. The predicted molar refractivity (Wildman–Crippen MR) is 63.6 cm³/mol. The van der Waals surface area contributed by atoms with Crippen LogP contribution in [0.2, 0.25) is 0 Å². The van der Waals surface area contributed by atoms with Crippen LogP contribution in [0.1, 0.15) is 19.4 Å². The van der Waals surface area contributed by atoms with Crippen molar-refractivity contribution in [2.45, 2.75) is 20.8 Å². The number of aryl methyl sites for hydroxylation is 1. The predicted octanol–water partition coefficient (Wildman–Crippen LogP) is 2.35. The van der Waals surface area contributed by atoms with E-state index in [1.165, 1.54) is 11.3 Å². The van der Waals surface area contributed by atoms with E-state index in [1.807, 2.05) is 18.4 Å². The summed E-state index contributed by atoms with van der Waals surface area (Å²) in [6.07, 6.45) is 0. The van der Waals surface area contributed by atoms with Crippen molar-refractivity contribution < 1.29 is 14.7 Å². The molecule has 16 heavy (non-hydrogen) atoms. The molecule has 1 rings (SSSR count). The van der Waals surface area contributed by atoms with Gasteiger partial charge in [-0.15, -0.1) is 11.3 Å². The van der Waals surface area contributed by atoms with E-state index < -0.39 is 17.8 Å². The van der Waals surface area contributed by atoms with Crippen molar-refractivity contribution in [1.29, 1.82) is 0 Å². The summed E-state index contributed by atoms with van der Waals surface area (Å²) in [5, 5.41) is 14.2. The van der Waals surface area contributed by atoms with Crippen molar-refractivity contribution in [2.75, 3.05) is 5.32 Å². The molecule has 0 aliphatic rings. The molecule has 0 radical (unpaired) electrons. The van der Waals surface area contributed by atoms with Gasteiger partial charge in [-0.25, -0.2) is 0 Å². The fourth-order valence-corrected chi connectivity index (χ4v) is 2.21. The molecule has 1 aromatic rings. The van der Waals surface area contributed by atoms with Crippen LogP contribution in [0.3, 0.4) is 0 Å². The molecule has 0 aliphatic carbocycles. The van der Waals surface area contributed by atoms with Crippen LogP contribution in [-0.4, -0.2) is 17.0 Å². The Labute approximate surface area is 98.3 Å². The van der Waals surface area contributed by atoms with Gasteiger partial charge in [0, 0.05) is 0 Å². The van der Waals surface area contributed by atoms with Gasteiger partial charge in [-0.05, 0) is 29.9 Å². The first-order valence-corrected chi connectivity index (χ1v) is 5.89. The second kappa shape index (κ2) is 5.12. The number of amides is 1. The molecule has 88 valence electrons. The monoisotopic (exact) mass is 241 g/mol. The van der Waals surface area contributed by atoms with Crippen molar-refractivity contribution in [2.24, 2.45) is 11.8 Å². The number of rotatable bonds is 4. The summed E-state index contributed by atoms with van der Waals surface area (Å²) >= 11 is 1.39. The molecule has 0 spiro atoms. The average Bonchev–Trinajstić information content (AvgIpc) is 2.50. The van der Waals surface area contributed by atoms with E-state index in [4.69, 9.17) is 5.11 Å². The van der Waals surface area contributed by atoms with E-state index in [9.17, 15) is 9.59 Å². The van der Waals surface area contributed by atoms with Gasteiger partial charge in [0.25, 0.3) is 0 Å². The van der Waals surface area contributed by atoms with Crippen molar-refractivity contribution >= 4 is 28.2 Å². The zero-order valence-corrected chi connectivity index (χ0v) is 10.3. The highest BCUT2D eigenvalue weighted by molar-refractivity contribution is 7.14. The number of anilines is 1. The van der Waals surface area contributed by atoms with Gasteiger partial charge >= 0.3 is 5.97 Å². The number of carbonyl (C=O) groups is 2. The van der Waals surface area contributed by atoms with Crippen LogP contribution >= 0.6 is 11.3 Å². The van der Waals surface area contributed by atoms with Crippen molar-refractivity contribution in [3.8, 4) is 0 Å². The zero-order valence-electron chi connectivity index (χ0n) is 9.48. The van der Waals surface area contributed by atoms with Gasteiger partial charge in [-0.3, -0.25) is 9.59 Å². The summed E-state index contributed by atoms with van der Waals surface area (Å²) in [5.41, 5.74) is 0.950. The molecule has 0 saturated carbocycles. The van der Waals surface area contributed by atoms with Crippen molar-refractivity contribution in [3.05, 3.63) is 17.0 Å². The SMILES string of the molecule is Cc1ccsc1NC(=O)C(C(=O)O)C(C)C. The molecule has 0 saturated heterocycles. The summed E-state index contributed by atoms with van der Waals surface area (Å²) in [6, 6.07) is 1.88. The van der Waals surface area contributed by atoms with E-state index in [-0.39, 0.29) is 5.92 Å². The average molecular weight is 241 g/mol. The molecule has 1 heterocycles. The Morgan fingerprint density at radius 1 is 1.44 bits per heavy atom. The van der Waals surface area contributed by atoms with Gasteiger partial charge in [-0.1, -0.05) is 13.8 Å². The minimum Gasteiger partial charge on any atom is -0.481 e. The second-order valence-corrected chi connectivity index (χ2v) is 4.90. The Bertz CT molecular complexity index is 398. The van der Waals surface area contributed by atoms with Gasteiger partial charge in [0.05, 0.1) is 5.00 Å². The molecular weight excluding hydrogens is 226 g/mol. The molecule has 0 bridgehead atoms. The van der Waals surface area contributed by atoms with Crippen LogP contribution < -0.4 is 5.32 Å². The molecule has 1 atom stereocenters. The number of hydrogen-bond donors (Lipinski definition) is 2. The lowest BCUT2D eigenvalue weighted by atomic mass is 9.95. The second-order valence-electron chi connectivity index (χ2n) is 3.98. The molecular formula is C11H15NO3S. The number of carbonyl (C=O) groups excluding carboxylic acids is 1. The minimum atomic E-state index is -1.08. The van der Waals surface area contributed by atoms with Crippen LogP contribution in [0.5, 0.6) is 0 Å². The van der Waals surface area contributed by atoms with Gasteiger partial charge < -0.3 is 10.4 Å². The minimum absolute atomic E-state index is 0.224. The third-order valence-corrected chi connectivity index (χ3v) is 3.25. The van der Waals surface area contributed by atoms with Gasteiger partial charge in [0.1, 0.15) is 5.92 Å². The molecule has 0 fully saturated rings. The van der Waals surface area contributed by atoms with E-state index in [0.717, 1.165) is 10.6 Å². The largest absolute Gasteiger partial charge is 0.481 e. The Morgan fingerprint density at radius 3 is 2.44 bits per heavy atom. The molecule has 1 amide bonds. The Kier molecular flexibility index (Phi) is 4.06. The van der Waals surface area contributed by atoms with Crippen LogP contribution in [0.15, 0.2) is 11.4 Å². The van der Waals surface area contributed by atoms with E-state index >= 15 is 0 Å². The number of hydrogen-bond acceptors (Lipinski definition) is 3. The highest BCUT2D eigenvalue weighted by Crippen LogP contribution is 2.23. The fraction of sp³-hybridized carbons (Fsp3) is 0.455. The molecule has 2 N–H and O–H groups in total. The number of carboxylic acid groups (broad SMARTS) is 1. The van der Waals surface area contributed by atoms with Crippen LogP contribution in [-0.2, 0) is 9.59 Å². The van der Waals surface area contributed by atoms with E-state index in [0.29, 0.717) is 0 Å². The Balaban J connectivity index is 2.78. The zero-order chi connectivity index (χ0) is 12.3. The molecule has 0 aromatic carbocycles. The van der Waals surface area contributed by atoms with E-state index in [2.05, 4.69) is 5.32 Å². The topological polar surface area (TPSA) is 66.4 Å². The van der Waals surface area contributed by atoms with Crippen molar-refractivity contribution in [3.63, 3.8) is 0 Å². The third-order valence-electron chi connectivity index (χ3n) is 2.31. The first-order chi connectivity index (χ1) is 7.43. The van der Waals surface area contributed by atoms with Gasteiger partial charge in [0.2, 0.25) is 5.91 Å². The standard InChI is InChI=1S/C11H15NO3S/c1-6(2)8(11(14)15)9(13)12-10-7(3)4-5-16-10/h4-6,8H,1-3H3,(H,12,13)(H,14,15). The quantitative estimate of drug-likeness (QED) is 0.795. The molecule has 5 heteroatoms. The van der Waals surface area contributed by atoms with Gasteiger partial charge in [-0.2, -0.15) is 0 Å². The maximum absolute atomic E-state index is 11.8. The Morgan fingerprint density at radius 2 is 2.06 bits per heavy atom.